The molecule has 1 heterocycles. The summed E-state index contributed by atoms with van der Waals surface area (Å²) in [6, 6.07) is 0. The Bertz CT molecular complexity index is 360. The van der Waals surface area contributed by atoms with Crippen molar-refractivity contribution in [1.29, 1.82) is 0 Å². The molecule has 1 aromatic heterocycles. The van der Waals surface area contributed by atoms with E-state index in [0.29, 0.717) is 18.2 Å². The summed E-state index contributed by atoms with van der Waals surface area (Å²) < 4.78 is 0. The highest BCUT2D eigenvalue weighted by molar-refractivity contribution is 5.82. The van der Waals surface area contributed by atoms with Crippen LogP contribution in [0, 0.1) is 5.41 Å². The quantitative estimate of drug-likeness (QED) is 0.680. The Kier molecular flexibility index (Phi) is 3.65. The minimum absolute atomic E-state index is 0.0246. The van der Waals surface area contributed by atoms with Crippen molar-refractivity contribution in [3.05, 3.63) is 12.4 Å². The van der Waals surface area contributed by atoms with Crippen LogP contribution in [0.3, 0.4) is 0 Å². The van der Waals surface area contributed by atoms with Gasteiger partial charge >= 0.3 is 0 Å². The van der Waals surface area contributed by atoms with Gasteiger partial charge in [0.2, 0.25) is 5.91 Å². The number of nitrogen functional groups attached to an aromatic ring is 1. The van der Waals surface area contributed by atoms with Gasteiger partial charge in [0.05, 0.1) is 17.8 Å². The smallest absolute Gasteiger partial charge is 0.227 e. The van der Waals surface area contributed by atoms with E-state index in [-0.39, 0.29) is 5.91 Å². The first kappa shape index (κ1) is 12.2. The predicted octanol–water partition coefficient (Wildman–Crippen LogP) is 0.243. The van der Waals surface area contributed by atoms with Gasteiger partial charge < -0.3 is 16.4 Å². The number of nitrogens with zero attached hydrogens (tertiary/aromatic N) is 2. The van der Waals surface area contributed by atoms with Crippen LogP contribution in [0.2, 0.25) is 0 Å². The molecule has 16 heavy (non-hydrogen) atoms. The zero-order valence-corrected chi connectivity index (χ0v) is 9.74. The van der Waals surface area contributed by atoms with Crippen LogP contribution in [0.15, 0.2) is 12.4 Å². The first-order valence-electron chi connectivity index (χ1n) is 4.99. The molecule has 0 aliphatic carbocycles. The SMILES string of the molecule is CNC(=O)C(C)(C)CNc1cnc(N)cn1. The zero-order chi connectivity index (χ0) is 12.2. The van der Waals surface area contributed by atoms with Crippen molar-refractivity contribution in [3.8, 4) is 0 Å². The summed E-state index contributed by atoms with van der Waals surface area (Å²) in [5.41, 5.74) is 4.91. The van der Waals surface area contributed by atoms with E-state index in [1.54, 1.807) is 7.05 Å². The van der Waals surface area contributed by atoms with E-state index >= 15 is 0 Å². The average Bonchev–Trinajstić information content (AvgIpc) is 2.27. The van der Waals surface area contributed by atoms with E-state index in [0.717, 1.165) is 0 Å². The van der Waals surface area contributed by atoms with Crippen molar-refractivity contribution in [1.82, 2.24) is 15.3 Å². The van der Waals surface area contributed by atoms with E-state index in [9.17, 15) is 4.79 Å². The molecule has 0 fully saturated rings. The number of aromatic nitrogens is 2. The third-order valence-corrected chi connectivity index (χ3v) is 2.23. The van der Waals surface area contributed by atoms with Gasteiger partial charge in [-0.25, -0.2) is 9.97 Å². The van der Waals surface area contributed by atoms with E-state index in [2.05, 4.69) is 20.6 Å². The number of carbonyl (C=O) groups excluding carboxylic acids is 1. The summed E-state index contributed by atoms with van der Waals surface area (Å²) in [5, 5.41) is 5.65. The van der Waals surface area contributed by atoms with E-state index in [4.69, 9.17) is 5.73 Å². The Morgan fingerprint density at radius 3 is 2.62 bits per heavy atom. The molecule has 0 aliphatic rings. The maximum atomic E-state index is 11.5. The fraction of sp³-hybridized carbons (Fsp3) is 0.500. The van der Waals surface area contributed by atoms with E-state index in [1.807, 2.05) is 13.8 Å². The Hall–Kier alpha value is -1.85. The lowest BCUT2D eigenvalue weighted by Crippen LogP contribution is -2.39. The fourth-order valence-electron chi connectivity index (χ4n) is 1.16. The van der Waals surface area contributed by atoms with Crippen LogP contribution < -0.4 is 16.4 Å². The molecule has 0 bridgehead atoms. The molecule has 0 spiro atoms. The van der Waals surface area contributed by atoms with Crippen molar-refractivity contribution in [2.45, 2.75) is 13.8 Å². The fourth-order valence-corrected chi connectivity index (χ4v) is 1.16. The molecular formula is C10H17N5O. The van der Waals surface area contributed by atoms with Crippen molar-refractivity contribution in [2.75, 3.05) is 24.6 Å². The van der Waals surface area contributed by atoms with Crippen molar-refractivity contribution in [2.24, 2.45) is 5.41 Å². The molecule has 0 saturated carbocycles. The van der Waals surface area contributed by atoms with Crippen LogP contribution in [-0.4, -0.2) is 29.5 Å². The second kappa shape index (κ2) is 4.78. The van der Waals surface area contributed by atoms with Crippen LogP contribution in [-0.2, 0) is 4.79 Å². The Morgan fingerprint density at radius 2 is 2.12 bits per heavy atom. The molecule has 1 aromatic rings. The Labute approximate surface area is 94.7 Å². The highest BCUT2D eigenvalue weighted by Crippen LogP contribution is 2.15. The monoisotopic (exact) mass is 223 g/mol. The summed E-state index contributed by atoms with van der Waals surface area (Å²) in [5.74, 6) is 0.950. The minimum Gasteiger partial charge on any atom is -0.382 e. The van der Waals surface area contributed by atoms with Crippen LogP contribution >= 0.6 is 0 Å². The first-order valence-corrected chi connectivity index (χ1v) is 4.99. The van der Waals surface area contributed by atoms with Gasteiger partial charge in [0, 0.05) is 13.6 Å². The predicted molar refractivity (Wildman–Crippen MR) is 62.8 cm³/mol. The lowest BCUT2D eigenvalue weighted by Gasteiger charge is -2.22. The maximum absolute atomic E-state index is 11.5. The second-order valence-electron chi connectivity index (χ2n) is 4.14. The molecule has 0 unspecified atom stereocenters. The number of nitrogens with two attached hydrogens (primary N) is 1. The van der Waals surface area contributed by atoms with Crippen molar-refractivity contribution in [3.63, 3.8) is 0 Å². The average molecular weight is 223 g/mol. The molecule has 1 amide bonds. The van der Waals surface area contributed by atoms with Crippen LogP contribution in [0.1, 0.15) is 13.8 Å². The number of hydrogen-bond acceptors (Lipinski definition) is 5. The highest BCUT2D eigenvalue weighted by Gasteiger charge is 2.26. The summed E-state index contributed by atoms with van der Waals surface area (Å²) in [4.78, 5) is 19.4. The molecule has 0 aromatic carbocycles. The molecule has 4 N–H and O–H groups in total. The number of amides is 1. The number of anilines is 2. The summed E-state index contributed by atoms with van der Waals surface area (Å²) in [6.45, 7) is 4.18. The number of hydrogen-bond donors (Lipinski definition) is 3. The minimum atomic E-state index is -0.502. The van der Waals surface area contributed by atoms with Crippen LogP contribution in [0.5, 0.6) is 0 Å². The highest BCUT2D eigenvalue weighted by atomic mass is 16.2. The van der Waals surface area contributed by atoms with Gasteiger partial charge in [-0.1, -0.05) is 0 Å². The Balaban J connectivity index is 2.57. The van der Waals surface area contributed by atoms with Gasteiger partial charge in [-0.2, -0.15) is 0 Å². The molecule has 0 aliphatic heterocycles. The van der Waals surface area contributed by atoms with E-state index < -0.39 is 5.41 Å². The molecular weight excluding hydrogens is 206 g/mol. The van der Waals surface area contributed by atoms with Crippen molar-refractivity contribution >= 4 is 17.5 Å². The van der Waals surface area contributed by atoms with Gasteiger partial charge in [-0.15, -0.1) is 0 Å². The second-order valence-corrected chi connectivity index (χ2v) is 4.14. The van der Waals surface area contributed by atoms with Gasteiger partial charge in [-0.3, -0.25) is 4.79 Å². The van der Waals surface area contributed by atoms with Gasteiger partial charge in [0.15, 0.2) is 0 Å². The molecule has 6 heteroatoms. The molecule has 88 valence electrons. The standard InChI is InChI=1S/C10H17N5O/c1-10(2,9(16)12-3)6-15-8-5-13-7(11)4-14-8/h4-5H,6H2,1-3H3,(H2,11,13)(H,12,16)(H,14,15). The van der Waals surface area contributed by atoms with Crippen molar-refractivity contribution < 1.29 is 4.79 Å². The number of carbonyl (C=O) groups is 1. The normalized spacial score (nSPS) is 10.9. The summed E-state index contributed by atoms with van der Waals surface area (Å²) in [6.07, 6.45) is 3.00. The molecule has 0 saturated heterocycles. The van der Waals surface area contributed by atoms with Gasteiger partial charge in [0.25, 0.3) is 0 Å². The van der Waals surface area contributed by atoms with Gasteiger partial charge in [-0.05, 0) is 13.8 Å². The topological polar surface area (TPSA) is 92.9 Å². The first-order chi connectivity index (χ1) is 7.45. The Morgan fingerprint density at radius 1 is 1.44 bits per heavy atom. The maximum Gasteiger partial charge on any atom is 0.227 e. The number of nitrogens with one attached hydrogen (secondary N) is 2. The zero-order valence-electron chi connectivity index (χ0n) is 9.74. The number of rotatable bonds is 4. The lowest BCUT2D eigenvalue weighted by molar-refractivity contribution is -0.128. The molecule has 0 radical (unpaired) electrons. The molecule has 0 atom stereocenters. The molecule has 1 rings (SSSR count). The summed E-state index contributed by atoms with van der Waals surface area (Å²) >= 11 is 0. The van der Waals surface area contributed by atoms with Gasteiger partial charge in [0.1, 0.15) is 11.6 Å². The largest absolute Gasteiger partial charge is 0.382 e. The third kappa shape index (κ3) is 3.08. The van der Waals surface area contributed by atoms with Crippen LogP contribution in [0.4, 0.5) is 11.6 Å². The third-order valence-electron chi connectivity index (χ3n) is 2.23. The van der Waals surface area contributed by atoms with Crippen LogP contribution in [0.25, 0.3) is 0 Å². The van der Waals surface area contributed by atoms with E-state index in [1.165, 1.54) is 12.4 Å². The summed E-state index contributed by atoms with van der Waals surface area (Å²) in [7, 11) is 1.62. The lowest BCUT2D eigenvalue weighted by atomic mass is 9.92. The molecule has 6 nitrogen and oxygen atoms in total.